The molecule has 0 fully saturated rings. The zero-order valence-corrected chi connectivity index (χ0v) is 12.2. The Labute approximate surface area is 122 Å². The molecule has 1 aliphatic rings. The van der Waals surface area contributed by atoms with Crippen LogP contribution in [0.1, 0.15) is 28.9 Å². The molecule has 20 heavy (non-hydrogen) atoms. The zero-order valence-electron chi connectivity index (χ0n) is 11.4. The minimum atomic E-state index is -1.03. The van der Waals surface area contributed by atoms with Gasteiger partial charge >= 0.3 is 7.12 Å². The molecule has 0 aliphatic carbocycles. The lowest BCUT2D eigenvalue weighted by Crippen LogP contribution is -2.39. The first-order valence-corrected chi connectivity index (χ1v) is 7.69. The Balaban J connectivity index is 2.33. The molecule has 0 spiro atoms. The average molecular weight is 293 g/mol. The Bertz CT molecular complexity index is 537. The number of nitrogens with one attached hydrogen (secondary N) is 1. The standard InChI is InChI=1S/C13H16BNO4S/c1-8(16)9-4-3-5-10-11(15-12(17)7-20-2)6-14(18)19-13(9)10/h3-5,11,18H,6-7H2,1-2H3,(H,15,17). The van der Waals surface area contributed by atoms with Crippen molar-refractivity contribution in [2.75, 3.05) is 12.0 Å². The van der Waals surface area contributed by atoms with E-state index in [9.17, 15) is 14.6 Å². The largest absolute Gasteiger partial charge is 0.535 e. The SMILES string of the molecule is CSCC(=O)NC1CB(O)Oc2c(C(C)=O)cccc21. The van der Waals surface area contributed by atoms with Crippen LogP contribution in [0.3, 0.4) is 0 Å². The van der Waals surface area contributed by atoms with Gasteiger partial charge in [-0.3, -0.25) is 9.59 Å². The summed E-state index contributed by atoms with van der Waals surface area (Å²) in [5.74, 6) is 0.490. The first-order valence-electron chi connectivity index (χ1n) is 6.29. The molecule has 0 saturated heterocycles. The Hall–Kier alpha value is -1.47. The summed E-state index contributed by atoms with van der Waals surface area (Å²) in [7, 11) is -1.03. The lowest BCUT2D eigenvalue weighted by atomic mass is 9.75. The summed E-state index contributed by atoms with van der Waals surface area (Å²) in [6.45, 7) is 1.45. The van der Waals surface area contributed by atoms with E-state index in [0.29, 0.717) is 17.1 Å². The molecule has 1 atom stereocenters. The van der Waals surface area contributed by atoms with Crippen LogP contribution >= 0.6 is 11.8 Å². The van der Waals surface area contributed by atoms with Crippen molar-refractivity contribution in [2.45, 2.75) is 19.3 Å². The Morgan fingerprint density at radius 3 is 2.95 bits per heavy atom. The van der Waals surface area contributed by atoms with E-state index in [4.69, 9.17) is 4.65 Å². The van der Waals surface area contributed by atoms with Crippen LogP contribution < -0.4 is 9.97 Å². The van der Waals surface area contributed by atoms with E-state index in [0.717, 1.165) is 5.56 Å². The molecule has 106 valence electrons. The molecule has 7 heteroatoms. The number of hydrogen-bond acceptors (Lipinski definition) is 5. The van der Waals surface area contributed by atoms with Gasteiger partial charge in [-0.25, -0.2) is 0 Å². The molecule has 0 aromatic heterocycles. The van der Waals surface area contributed by atoms with Crippen molar-refractivity contribution in [1.82, 2.24) is 5.32 Å². The van der Waals surface area contributed by atoms with Crippen molar-refractivity contribution < 1.29 is 19.3 Å². The van der Waals surface area contributed by atoms with Crippen LogP contribution in [0.5, 0.6) is 5.75 Å². The van der Waals surface area contributed by atoms with Crippen LogP contribution in [-0.4, -0.2) is 35.8 Å². The summed E-state index contributed by atoms with van der Waals surface area (Å²) in [6.07, 6.45) is 2.12. The third-order valence-electron chi connectivity index (χ3n) is 3.10. The molecular weight excluding hydrogens is 277 g/mol. The van der Waals surface area contributed by atoms with Gasteiger partial charge in [0, 0.05) is 11.9 Å². The lowest BCUT2D eigenvalue weighted by Gasteiger charge is -2.29. The number of benzene rings is 1. The van der Waals surface area contributed by atoms with Gasteiger partial charge in [0.2, 0.25) is 5.91 Å². The van der Waals surface area contributed by atoms with Gasteiger partial charge in [0.1, 0.15) is 5.75 Å². The topological polar surface area (TPSA) is 75.6 Å². The fraction of sp³-hybridized carbons (Fsp3) is 0.385. The number of fused-ring (bicyclic) bond motifs is 1. The summed E-state index contributed by atoms with van der Waals surface area (Å²) in [5, 5.41) is 12.6. The lowest BCUT2D eigenvalue weighted by molar-refractivity contribution is -0.119. The maximum Gasteiger partial charge on any atom is 0.525 e. The van der Waals surface area contributed by atoms with E-state index in [2.05, 4.69) is 5.32 Å². The first kappa shape index (κ1) is 14.9. The van der Waals surface area contributed by atoms with Gasteiger partial charge in [0.25, 0.3) is 0 Å². The van der Waals surface area contributed by atoms with Crippen molar-refractivity contribution in [1.29, 1.82) is 0 Å². The van der Waals surface area contributed by atoms with Crippen molar-refractivity contribution in [3.05, 3.63) is 29.3 Å². The Morgan fingerprint density at radius 2 is 2.30 bits per heavy atom. The Kier molecular flexibility index (Phi) is 4.72. The molecule has 0 bridgehead atoms. The molecule has 0 saturated carbocycles. The summed E-state index contributed by atoms with van der Waals surface area (Å²) < 4.78 is 5.37. The predicted molar refractivity (Wildman–Crippen MR) is 79.1 cm³/mol. The minimum Gasteiger partial charge on any atom is -0.535 e. The van der Waals surface area contributed by atoms with Gasteiger partial charge in [-0.05, 0) is 19.2 Å². The summed E-state index contributed by atoms with van der Waals surface area (Å²) >= 11 is 1.43. The summed E-state index contributed by atoms with van der Waals surface area (Å²) in [6, 6.07) is 4.87. The molecule has 1 heterocycles. The maximum absolute atomic E-state index is 11.7. The highest BCUT2D eigenvalue weighted by atomic mass is 32.2. The fourth-order valence-electron chi connectivity index (χ4n) is 2.25. The van der Waals surface area contributed by atoms with Gasteiger partial charge in [-0.15, -0.1) is 0 Å². The van der Waals surface area contributed by atoms with Crippen molar-refractivity contribution in [3.63, 3.8) is 0 Å². The number of hydrogen-bond donors (Lipinski definition) is 2. The summed E-state index contributed by atoms with van der Waals surface area (Å²) in [4.78, 5) is 23.3. The van der Waals surface area contributed by atoms with Crippen molar-refractivity contribution >= 4 is 30.6 Å². The van der Waals surface area contributed by atoms with E-state index >= 15 is 0 Å². The van der Waals surface area contributed by atoms with Crippen LogP contribution in [-0.2, 0) is 4.79 Å². The van der Waals surface area contributed by atoms with Gasteiger partial charge in [-0.2, -0.15) is 11.8 Å². The van der Waals surface area contributed by atoms with Crippen LogP contribution in [0.15, 0.2) is 18.2 Å². The summed E-state index contributed by atoms with van der Waals surface area (Å²) in [5.41, 5.74) is 1.16. The number of para-hydroxylation sites is 1. The molecule has 5 nitrogen and oxygen atoms in total. The quantitative estimate of drug-likeness (QED) is 0.646. The zero-order chi connectivity index (χ0) is 14.7. The van der Waals surface area contributed by atoms with Crippen molar-refractivity contribution in [2.24, 2.45) is 0 Å². The molecule has 1 amide bonds. The maximum atomic E-state index is 11.7. The Morgan fingerprint density at radius 1 is 1.55 bits per heavy atom. The van der Waals surface area contributed by atoms with E-state index in [1.54, 1.807) is 18.2 Å². The van der Waals surface area contributed by atoms with E-state index < -0.39 is 7.12 Å². The van der Waals surface area contributed by atoms with Crippen LogP contribution in [0.2, 0.25) is 6.32 Å². The van der Waals surface area contributed by atoms with Gasteiger partial charge in [0.05, 0.1) is 17.4 Å². The molecule has 1 aromatic carbocycles. The highest BCUT2D eigenvalue weighted by molar-refractivity contribution is 7.99. The average Bonchev–Trinajstić information content (AvgIpc) is 2.37. The van der Waals surface area contributed by atoms with Gasteiger partial charge < -0.3 is 15.0 Å². The van der Waals surface area contributed by atoms with Gasteiger partial charge in [0.15, 0.2) is 5.78 Å². The monoisotopic (exact) mass is 293 g/mol. The highest BCUT2D eigenvalue weighted by Gasteiger charge is 2.34. The number of amides is 1. The second kappa shape index (κ2) is 6.32. The smallest absolute Gasteiger partial charge is 0.525 e. The predicted octanol–water partition coefficient (Wildman–Crippen LogP) is 1.28. The van der Waals surface area contributed by atoms with Gasteiger partial charge in [-0.1, -0.05) is 12.1 Å². The normalized spacial score (nSPS) is 17.1. The molecular formula is C13H16BNO4S. The molecule has 1 unspecified atom stereocenters. The molecule has 2 N–H and O–H groups in total. The van der Waals surface area contributed by atoms with Crippen LogP contribution in [0, 0.1) is 0 Å². The van der Waals surface area contributed by atoms with Crippen LogP contribution in [0.4, 0.5) is 0 Å². The number of carbonyl (C=O) groups excluding carboxylic acids is 2. The second-order valence-electron chi connectivity index (χ2n) is 4.64. The molecule has 0 radical (unpaired) electrons. The van der Waals surface area contributed by atoms with E-state index in [1.165, 1.54) is 18.7 Å². The fourth-order valence-corrected chi connectivity index (χ4v) is 2.60. The third kappa shape index (κ3) is 3.16. The van der Waals surface area contributed by atoms with E-state index in [1.807, 2.05) is 6.26 Å². The van der Waals surface area contributed by atoms with Crippen LogP contribution in [0.25, 0.3) is 0 Å². The first-order chi connectivity index (χ1) is 9.52. The molecule has 1 aliphatic heterocycles. The number of ketones is 1. The molecule has 2 rings (SSSR count). The number of carbonyl (C=O) groups is 2. The second-order valence-corrected chi connectivity index (χ2v) is 5.51. The third-order valence-corrected chi connectivity index (χ3v) is 3.65. The van der Waals surface area contributed by atoms with E-state index in [-0.39, 0.29) is 24.1 Å². The van der Waals surface area contributed by atoms with Crippen molar-refractivity contribution in [3.8, 4) is 5.75 Å². The number of rotatable bonds is 4. The molecule has 1 aromatic rings. The number of thioether (sulfide) groups is 1. The minimum absolute atomic E-state index is 0.101. The number of Topliss-reactive ketones (excluding diaryl/α,β-unsaturated/α-hetero) is 1. The highest BCUT2D eigenvalue weighted by Crippen LogP contribution is 2.36.